The van der Waals surface area contributed by atoms with Crippen molar-refractivity contribution >= 4 is 11.9 Å². The molecule has 1 heterocycles. The van der Waals surface area contributed by atoms with Gasteiger partial charge in [0.15, 0.2) is 0 Å². The van der Waals surface area contributed by atoms with Gasteiger partial charge in [-0.05, 0) is 30.9 Å². The zero-order valence-electron chi connectivity index (χ0n) is 10.6. The van der Waals surface area contributed by atoms with E-state index in [2.05, 4.69) is 10.3 Å². The molecule has 1 aliphatic carbocycles. The van der Waals surface area contributed by atoms with Gasteiger partial charge in [0, 0.05) is 18.9 Å². The molecule has 19 heavy (non-hydrogen) atoms. The quantitative estimate of drug-likeness (QED) is 0.798. The minimum absolute atomic E-state index is 0.0149. The van der Waals surface area contributed by atoms with E-state index in [-0.39, 0.29) is 17.6 Å². The van der Waals surface area contributed by atoms with Gasteiger partial charge < -0.3 is 15.2 Å². The monoisotopic (exact) mass is 264 g/mol. The maximum absolute atomic E-state index is 12.0. The molecule has 1 aromatic heterocycles. The number of carboxylic acid groups (broad SMARTS) is 1. The molecule has 2 rings (SSSR count). The molecule has 0 saturated heterocycles. The molecule has 0 radical (unpaired) electrons. The van der Waals surface area contributed by atoms with Crippen LogP contribution in [-0.4, -0.2) is 41.7 Å². The number of nitrogens with one attached hydrogen (secondary N) is 1. The molecule has 102 valence electrons. The molecule has 1 unspecified atom stereocenters. The number of nitrogens with zero attached hydrogens (tertiary/aromatic N) is 1. The van der Waals surface area contributed by atoms with Gasteiger partial charge in [-0.2, -0.15) is 0 Å². The van der Waals surface area contributed by atoms with Crippen LogP contribution in [0.3, 0.4) is 0 Å². The third-order valence-corrected chi connectivity index (χ3v) is 3.10. The molecular weight excluding hydrogens is 248 g/mol. The van der Waals surface area contributed by atoms with Crippen LogP contribution in [0.1, 0.15) is 33.7 Å². The molecule has 0 aliphatic heterocycles. The molecule has 6 nitrogen and oxygen atoms in total. The molecule has 1 saturated carbocycles. The number of ether oxygens (including phenoxy) is 1. The van der Waals surface area contributed by atoms with Crippen LogP contribution in [0.5, 0.6) is 0 Å². The number of aromatic carboxylic acids is 1. The van der Waals surface area contributed by atoms with Crippen molar-refractivity contribution in [1.82, 2.24) is 10.3 Å². The predicted molar refractivity (Wildman–Crippen MR) is 67.1 cm³/mol. The third-order valence-electron chi connectivity index (χ3n) is 3.10. The summed E-state index contributed by atoms with van der Waals surface area (Å²) in [5.41, 5.74) is 0.163. The van der Waals surface area contributed by atoms with Crippen molar-refractivity contribution in [3.8, 4) is 0 Å². The molecule has 0 bridgehead atoms. The van der Waals surface area contributed by atoms with Crippen LogP contribution in [0.15, 0.2) is 18.3 Å². The standard InChI is InChI=1S/C13H16N2O4/c1-19-7-11(8-2-3-8)15-12(16)9-4-5-14-10(6-9)13(17)18/h4-6,8,11H,2-3,7H2,1H3,(H,15,16)(H,17,18). The van der Waals surface area contributed by atoms with E-state index in [0.717, 1.165) is 12.8 Å². The Morgan fingerprint density at radius 3 is 2.89 bits per heavy atom. The summed E-state index contributed by atoms with van der Waals surface area (Å²) in [6.07, 6.45) is 3.50. The van der Waals surface area contributed by atoms with Crippen molar-refractivity contribution in [3.05, 3.63) is 29.6 Å². The van der Waals surface area contributed by atoms with E-state index in [4.69, 9.17) is 9.84 Å². The predicted octanol–water partition coefficient (Wildman–Crippen LogP) is 0.935. The van der Waals surface area contributed by atoms with Crippen molar-refractivity contribution in [2.24, 2.45) is 5.92 Å². The van der Waals surface area contributed by atoms with Crippen molar-refractivity contribution in [2.45, 2.75) is 18.9 Å². The fourth-order valence-electron chi connectivity index (χ4n) is 1.91. The average molecular weight is 264 g/mol. The van der Waals surface area contributed by atoms with Crippen LogP contribution in [0.25, 0.3) is 0 Å². The molecule has 2 N–H and O–H groups in total. The van der Waals surface area contributed by atoms with Gasteiger partial charge in [0.25, 0.3) is 5.91 Å². The van der Waals surface area contributed by atoms with E-state index in [0.29, 0.717) is 18.1 Å². The first-order valence-corrected chi connectivity index (χ1v) is 6.11. The Labute approximate surface area is 110 Å². The van der Waals surface area contributed by atoms with Crippen molar-refractivity contribution < 1.29 is 19.4 Å². The maximum atomic E-state index is 12.0. The van der Waals surface area contributed by atoms with E-state index >= 15 is 0 Å². The lowest BCUT2D eigenvalue weighted by atomic mass is 10.1. The Hall–Kier alpha value is -1.95. The van der Waals surface area contributed by atoms with Crippen LogP contribution in [-0.2, 0) is 4.74 Å². The Morgan fingerprint density at radius 1 is 1.58 bits per heavy atom. The number of amides is 1. The van der Waals surface area contributed by atoms with Gasteiger partial charge >= 0.3 is 5.97 Å². The molecule has 1 aromatic rings. The van der Waals surface area contributed by atoms with Gasteiger partial charge in [-0.1, -0.05) is 0 Å². The minimum atomic E-state index is -1.15. The smallest absolute Gasteiger partial charge is 0.354 e. The lowest BCUT2D eigenvalue weighted by molar-refractivity contribution is 0.0690. The fraction of sp³-hybridized carbons (Fsp3) is 0.462. The van der Waals surface area contributed by atoms with Crippen LogP contribution >= 0.6 is 0 Å². The van der Waals surface area contributed by atoms with Gasteiger partial charge in [0.2, 0.25) is 0 Å². The van der Waals surface area contributed by atoms with Crippen molar-refractivity contribution in [2.75, 3.05) is 13.7 Å². The Bertz CT molecular complexity index is 485. The van der Waals surface area contributed by atoms with Crippen LogP contribution in [0.4, 0.5) is 0 Å². The SMILES string of the molecule is COCC(NC(=O)c1ccnc(C(=O)O)c1)C1CC1. The summed E-state index contributed by atoms with van der Waals surface area (Å²) in [4.78, 5) is 26.5. The van der Waals surface area contributed by atoms with Crippen molar-refractivity contribution in [3.63, 3.8) is 0 Å². The van der Waals surface area contributed by atoms with Crippen LogP contribution in [0, 0.1) is 5.92 Å². The summed E-state index contributed by atoms with van der Waals surface area (Å²) in [7, 11) is 1.59. The van der Waals surface area contributed by atoms with E-state index in [1.165, 1.54) is 18.3 Å². The second kappa shape index (κ2) is 5.79. The van der Waals surface area contributed by atoms with E-state index < -0.39 is 5.97 Å². The van der Waals surface area contributed by atoms with Crippen molar-refractivity contribution in [1.29, 1.82) is 0 Å². The molecular formula is C13H16N2O4. The number of methoxy groups -OCH3 is 1. The topological polar surface area (TPSA) is 88.5 Å². The molecule has 6 heteroatoms. The van der Waals surface area contributed by atoms with Crippen LogP contribution in [0.2, 0.25) is 0 Å². The second-order valence-corrected chi connectivity index (χ2v) is 4.61. The average Bonchev–Trinajstić information content (AvgIpc) is 3.22. The summed E-state index contributed by atoms with van der Waals surface area (Å²) < 4.78 is 5.08. The third kappa shape index (κ3) is 3.51. The van der Waals surface area contributed by atoms with Gasteiger partial charge in [-0.15, -0.1) is 0 Å². The number of carbonyl (C=O) groups is 2. The van der Waals surface area contributed by atoms with Gasteiger partial charge in [0.05, 0.1) is 12.6 Å². The number of pyridine rings is 1. The first-order chi connectivity index (χ1) is 9.11. The summed E-state index contributed by atoms with van der Waals surface area (Å²) in [5.74, 6) is -0.978. The summed E-state index contributed by atoms with van der Waals surface area (Å²) in [6, 6.07) is 2.76. The second-order valence-electron chi connectivity index (χ2n) is 4.61. The molecule has 1 aliphatic rings. The normalized spacial score (nSPS) is 15.8. The number of hydrogen-bond donors (Lipinski definition) is 2. The molecule has 1 fully saturated rings. The van der Waals surface area contributed by atoms with Gasteiger partial charge in [0.1, 0.15) is 5.69 Å². The number of aromatic nitrogens is 1. The van der Waals surface area contributed by atoms with E-state index in [1.807, 2.05) is 0 Å². The summed E-state index contributed by atoms with van der Waals surface area (Å²) >= 11 is 0. The summed E-state index contributed by atoms with van der Waals surface area (Å²) in [5, 5.41) is 11.7. The highest BCUT2D eigenvalue weighted by Gasteiger charge is 2.32. The molecule has 0 aromatic carbocycles. The minimum Gasteiger partial charge on any atom is -0.477 e. The Kier molecular flexibility index (Phi) is 4.11. The number of hydrogen-bond acceptors (Lipinski definition) is 4. The highest BCUT2D eigenvalue weighted by molar-refractivity contribution is 5.96. The largest absolute Gasteiger partial charge is 0.477 e. The lowest BCUT2D eigenvalue weighted by Gasteiger charge is -2.17. The molecule has 1 amide bonds. The van der Waals surface area contributed by atoms with Gasteiger partial charge in [-0.25, -0.2) is 9.78 Å². The van der Waals surface area contributed by atoms with Crippen LogP contribution < -0.4 is 5.32 Å². The van der Waals surface area contributed by atoms with Gasteiger partial charge in [-0.3, -0.25) is 4.79 Å². The lowest BCUT2D eigenvalue weighted by Crippen LogP contribution is -2.39. The fourth-order valence-corrected chi connectivity index (χ4v) is 1.91. The first kappa shape index (κ1) is 13.5. The Balaban J connectivity index is 2.06. The number of carboxylic acids is 1. The molecule has 0 spiro atoms. The zero-order chi connectivity index (χ0) is 13.8. The Morgan fingerprint density at radius 2 is 2.32 bits per heavy atom. The summed E-state index contributed by atoms with van der Waals surface area (Å²) in [6.45, 7) is 0.466. The zero-order valence-corrected chi connectivity index (χ0v) is 10.6. The number of carbonyl (C=O) groups excluding carboxylic acids is 1. The highest BCUT2D eigenvalue weighted by atomic mass is 16.5. The number of rotatable bonds is 6. The highest BCUT2D eigenvalue weighted by Crippen LogP contribution is 2.32. The maximum Gasteiger partial charge on any atom is 0.354 e. The molecule has 1 atom stereocenters. The first-order valence-electron chi connectivity index (χ1n) is 6.11. The van der Waals surface area contributed by atoms with E-state index in [9.17, 15) is 9.59 Å². The van der Waals surface area contributed by atoms with E-state index in [1.54, 1.807) is 7.11 Å².